The summed E-state index contributed by atoms with van der Waals surface area (Å²) in [7, 11) is 0. The van der Waals surface area contributed by atoms with E-state index in [1.165, 1.54) is 11.4 Å². The molecule has 1 atom stereocenters. The van der Waals surface area contributed by atoms with Crippen molar-refractivity contribution in [3.63, 3.8) is 0 Å². The van der Waals surface area contributed by atoms with Crippen LogP contribution in [-0.2, 0) is 24.3 Å². The van der Waals surface area contributed by atoms with Gasteiger partial charge in [-0.15, -0.1) is 0 Å². The number of carbonyl (C=O) groups is 1. The molecule has 7 nitrogen and oxygen atoms in total. The van der Waals surface area contributed by atoms with E-state index in [2.05, 4.69) is 43.9 Å². The van der Waals surface area contributed by atoms with Crippen LogP contribution in [0.15, 0.2) is 12.1 Å². The Hall–Kier alpha value is -2.15. The first-order valence-electron chi connectivity index (χ1n) is 9.17. The lowest BCUT2D eigenvalue weighted by Crippen LogP contribution is -2.29. The van der Waals surface area contributed by atoms with Crippen molar-refractivity contribution in [2.45, 2.75) is 52.2 Å². The predicted molar refractivity (Wildman–Crippen MR) is 94.2 cm³/mol. The van der Waals surface area contributed by atoms with Gasteiger partial charge in [-0.2, -0.15) is 10.2 Å². The summed E-state index contributed by atoms with van der Waals surface area (Å²) in [5.74, 6) is 0.230. The normalized spacial score (nSPS) is 20.1. The summed E-state index contributed by atoms with van der Waals surface area (Å²) in [6.45, 7) is 8.45. The fourth-order valence-corrected chi connectivity index (χ4v) is 3.95. The predicted octanol–water partition coefficient (Wildman–Crippen LogP) is 1.21. The van der Waals surface area contributed by atoms with Crippen molar-refractivity contribution in [2.24, 2.45) is 0 Å². The molecule has 2 aromatic heterocycles. The van der Waals surface area contributed by atoms with Gasteiger partial charge in [0.05, 0.1) is 29.7 Å². The van der Waals surface area contributed by atoms with Gasteiger partial charge in [-0.25, -0.2) is 0 Å². The fraction of sp³-hybridized carbons (Fsp3) is 0.611. The SMILES string of the molecule is Cc1cc(C)n([C@@H]2CCN(C(=O)CCc3cc4n(n3)CCNC4)C2)n1. The van der Waals surface area contributed by atoms with Gasteiger partial charge in [-0.05, 0) is 32.4 Å². The average molecular weight is 342 g/mol. The van der Waals surface area contributed by atoms with E-state index in [4.69, 9.17) is 0 Å². The number of fused-ring (bicyclic) bond motifs is 1. The van der Waals surface area contributed by atoms with Crippen LogP contribution in [-0.4, -0.2) is 50.0 Å². The van der Waals surface area contributed by atoms with Crippen molar-refractivity contribution in [1.82, 2.24) is 29.8 Å². The maximum atomic E-state index is 12.6. The summed E-state index contributed by atoms with van der Waals surface area (Å²) in [5, 5.41) is 12.5. The second-order valence-electron chi connectivity index (χ2n) is 7.18. The summed E-state index contributed by atoms with van der Waals surface area (Å²) in [6.07, 6.45) is 2.24. The Morgan fingerprint density at radius 2 is 2.16 bits per heavy atom. The van der Waals surface area contributed by atoms with Crippen LogP contribution in [0.3, 0.4) is 0 Å². The van der Waals surface area contributed by atoms with E-state index in [0.29, 0.717) is 12.5 Å². The number of aromatic nitrogens is 4. The lowest BCUT2D eigenvalue weighted by atomic mass is 10.2. The highest BCUT2D eigenvalue weighted by Crippen LogP contribution is 2.24. The molecule has 0 spiro atoms. The molecule has 7 heteroatoms. The second kappa shape index (κ2) is 6.63. The van der Waals surface area contributed by atoms with Crippen LogP contribution < -0.4 is 5.32 Å². The number of hydrogen-bond acceptors (Lipinski definition) is 4. The zero-order chi connectivity index (χ0) is 17.4. The van der Waals surface area contributed by atoms with Gasteiger partial charge in [0.25, 0.3) is 0 Å². The van der Waals surface area contributed by atoms with Gasteiger partial charge >= 0.3 is 0 Å². The third-order valence-electron chi connectivity index (χ3n) is 5.22. The lowest BCUT2D eigenvalue weighted by molar-refractivity contribution is -0.130. The molecule has 134 valence electrons. The van der Waals surface area contributed by atoms with Gasteiger partial charge in [-0.1, -0.05) is 0 Å². The third kappa shape index (κ3) is 3.33. The van der Waals surface area contributed by atoms with Gasteiger partial charge in [0.1, 0.15) is 0 Å². The molecule has 25 heavy (non-hydrogen) atoms. The molecule has 1 amide bonds. The van der Waals surface area contributed by atoms with Crippen LogP contribution in [0.4, 0.5) is 0 Å². The monoisotopic (exact) mass is 342 g/mol. The third-order valence-corrected chi connectivity index (χ3v) is 5.22. The van der Waals surface area contributed by atoms with Crippen LogP contribution in [0.25, 0.3) is 0 Å². The van der Waals surface area contributed by atoms with E-state index in [1.54, 1.807) is 0 Å². The molecular weight excluding hydrogens is 316 g/mol. The van der Waals surface area contributed by atoms with Gasteiger partial charge in [-0.3, -0.25) is 14.2 Å². The number of amides is 1. The molecule has 2 aliphatic rings. The van der Waals surface area contributed by atoms with Crippen LogP contribution in [0.1, 0.15) is 41.7 Å². The van der Waals surface area contributed by atoms with Crippen LogP contribution >= 0.6 is 0 Å². The maximum absolute atomic E-state index is 12.6. The highest BCUT2D eigenvalue weighted by Gasteiger charge is 2.28. The molecule has 1 saturated heterocycles. The number of rotatable bonds is 4. The second-order valence-corrected chi connectivity index (χ2v) is 7.18. The smallest absolute Gasteiger partial charge is 0.223 e. The van der Waals surface area contributed by atoms with Crippen LogP contribution in [0, 0.1) is 13.8 Å². The zero-order valence-electron chi connectivity index (χ0n) is 15.0. The van der Waals surface area contributed by atoms with Gasteiger partial charge < -0.3 is 10.2 Å². The minimum absolute atomic E-state index is 0.230. The number of carbonyl (C=O) groups excluding carboxylic acids is 1. The summed E-state index contributed by atoms with van der Waals surface area (Å²) in [4.78, 5) is 14.6. The number of nitrogens with one attached hydrogen (secondary N) is 1. The number of hydrogen-bond donors (Lipinski definition) is 1. The molecule has 0 unspecified atom stereocenters. The lowest BCUT2D eigenvalue weighted by Gasteiger charge is -2.17. The van der Waals surface area contributed by atoms with E-state index >= 15 is 0 Å². The molecule has 1 N–H and O–H groups in total. The molecule has 4 rings (SSSR count). The number of aryl methyl sites for hydroxylation is 3. The van der Waals surface area contributed by atoms with Crippen molar-refractivity contribution in [3.05, 3.63) is 34.9 Å². The summed E-state index contributed by atoms with van der Waals surface area (Å²) >= 11 is 0. The molecule has 2 aliphatic heterocycles. The standard InChI is InChI=1S/C18H26N6O/c1-13-9-14(2)24(20-13)16-5-7-22(12-16)18(25)4-3-15-10-17-11-19-6-8-23(17)21-15/h9-10,16,19H,3-8,11-12H2,1-2H3/t16-/m1/s1. The Morgan fingerprint density at radius 3 is 2.92 bits per heavy atom. The first kappa shape index (κ1) is 16.3. The Balaban J connectivity index is 1.33. The summed E-state index contributed by atoms with van der Waals surface area (Å²) in [6, 6.07) is 4.53. The van der Waals surface area contributed by atoms with E-state index in [1.807, 2.05) is 11.8 Å². The fourth-order valence-electron chi connectivity index (χ4n) is 3.95. The number of nitrogens with zero attached hydrogens (tertiary/aromatic N) is 5. The largest absolute Gasteiger partial charge is 0.340 e. The van der Waals surface area contributed by atoms with Gasteiger partial charge in [0.2, 0.25) is 5.91 Å². The van der Waals surface area contributed by atoms with Gasteiger partial charge in [0.15, 0.2) is 0 Å². The highest BCUT2D eigenvalue weighted by atomic mass is 16.2. The van der Waals surface area contributed by atoms with E-state index < -0.39 is 0 Å². The Kier molecular flexibility index (Phi) is 4.33. The Bertz CT molecular complexity index is 753. The van der Waals surface area contributed by atoms with Gasteiger partial charge in [0, 0.05) is 44.7 Å². The van der Waals surface area contributed by atoms with Crippen LogP contribution in [0.2, 0.25) is 0 Å². The topological polar surface area (TPSA) is 68.0 Å². The zero-order valence-corrected chi connectivity index (χ0v) is 15.0. The minimum Gasteiger partial charge on any atom is -0.340 e. The molecule has 0 bridgehead atoms. The molecule has 0 radical (unpaired) electrons. The van der Waals surface area contributed by atoms with Crippen molar-refractivity contribution in [1.29, 1.82) is 0 Å². The molecule has 1 fully saturated rings. The summed E-state index contributed by atoms with van der Waals surface area (Å²) in [5.41, 5.74) is 4.47. The Morgan fingerprint density at radius 1 is 1.28 bits per heavy atom. The molecule has 0 saturated carbocycles. The van der Waals surface area contributed by atoms with Crippen molar-refractivity contribution < 1.29 is 4.79 Å². The molecule has 4 heterocycles. The van der Waals surface area contributed by atoms with E-state index in [9.17, 15) is 4.79 Å². The summed E-state index contributed by atoms with van der Waals surface area (Å²) < 4.78 is 4.14. The molecular formula is C18H26N6O. The average Bonchev–Trinajstić information content (AvgIpc) is 3.30. The van der Waals surface area contributed by atoms with Crippen LogP contribution in [0.5, 0.6) is 0 Å². The quantitative estimate of drug-likeness (QED) is 0.907. The first-order chi connectivity index (χ1) is 12.1. The maximum Gasteiger partial charge on any atom is 0.223 e. The minimum atomic E-state index is 0.230. The van der Waals surface area contributed by atoms with Crippen molar-refractivity contribution >= 4 is 5.91 Å². The van der Waals surface area contributed by atoms with E-state index in [0.717, 1.165) is 57.0 Å². The molecule has 0 aromatic carbocycles. The van der Waals surface area contributed by atoms with Crippen molar-refractivity contribution in [3.8, 4) is 0 Å². The number of likely N-dealkylation sites (tertiary alicyclic amines) is 1. The first-order valence-corrected chi connectivity index (χ1v) is 9.17. The van der Waals surface area contributed by atoms with Crippen molar-refractivity contribution in [2.75, 3.05) is 19.6 Å². The molecule has 0 aliphatic carbocycles. The molecule has 2 aromatic rings. The van der Waals surface area contributed by atoms with E-state index in [-0.39, 0.29) is 5.91 Å². The highest BCUT2D eigenvalue weighted by molar-refractivity contribution is 5.76. The Labute approximate surface area is 148 Å².